The summed E-state index contributed by atoms with van der Waals surface area (Å²) >= 11 is 5.83. The summed E-state index contributed by atoms with van der Waals surface area (Å²) in [6, 6.07) is 14.5. The molecule has 0 atom stereocenters. The molecule has 1 heterocycles. The van der Waals surface area contributed by atoms with E-state index in [2.05, 4.69) is 41.2 Å². The molecule has 0 spiro atoms. The standard InChI is InChI=1S/C15H17ClN2/c1-18(10-8-13-5-3-2-4-6-13)15-11-14(12-16)7-9-17-15/h2-7,9,11H,8,10,12H2,1H3. The number of anilines is 1. The average Bonchev–Trinajstić information content (AvgIpc) is 2.46. The minimum atomic E-state index is 0.530. The Kier molecular flexibility index (Phi) is 4.59. The van der Waals surface area contributed by atoms with E-state index in [1.165, 1.54) is 5.56 Å². The van der Waals surface area contributed by atoms with Gasteiger partial charge in [-0.15, -0.1) is 11.6 Å². The third-order valence-electron chi connectivity index (χ3n) is 2.93. The summed E-state index contributed by atoms with van der Waals surface area (Å²) in [5, 5.41) is 0. The first kappa shape index (κ1) is 12.9. The number of benzene rings is 1. The summed E-state index contributed by atoms with van der Waals surface area (Å²) in [7, 11) is 2.06. The molecule has 0 N–H and O–H groups in total. The van der Waals surface area contributed by atoms with Gasteiger partial charge in [-0.1, -0.05) is 30.3 Å². The van der Waals surface area contributed by atoms with Crippen molar-refractivity contribution >= 4 is 17.4 Å². The average molecular weight is 261 g/mol. The molecule has 0 aliphatic carbocycles. The van der Waals surface area contributed by atoms with Crippen molar-refractivity contribution in [1.29, 1.82) is 0 Å². The van der Waals surface area contributed by atoms with Crippen molar-refractivity contribution in [3.05, 3.63) is 59.8 Å². The Morgan fingerprint density at radius 1 is 1.11 bits per heavy atom. The lowest BCUT2D eigenvalue weighted by atomic mass is 10.1. The van der Waals surface area contributed by atoms with E-state index >= 15 is 0 Å². The number of hydrogen-bond donors (Lipinski definition) is 0. The fourth-order valence-electron chi connectivity index (χ4n) is 1.81. The molecule has 3 heteroatoms. The Hall–Kier alpha value is -1.54. The molecule has 1 aromatic heterocycles. The second-order valence-corrected chi connectivity index (χ2v) is 4.58. The Balaban J connectivity index is 1.97. The zero-order chi connectivity index (χ0) is 12.8. The van der Waals surface area contributed by atoms with Gasteiger partial charge in [0, 0.05) is 25.7 Å². The van der Waals surface area contributed by atoms with Crippen LogP contribution in [0, 0.1) is 0 Å². The van der Waals surface area contributed by atoms with E-state index < -0.39 is 0 Å². The van der Waals surface area contributed by atoms with Gasteiger partial charge in [0.15, 0.2) is 0 Å². The summed E-state index contributed by atoms with van der Waals surface area (Å²) in [5.41, 5.74) is 2.45. The van der Waals surface area contributed by atoms with Crippen molar-refractivity contribution in [3.8, 4) is 0 Å². The van der Waals surface area contributed by atoms with Crippen LogP contribution in [0.25, 0.3) is 0 Å². The predicted octanol–water partition coefficient (Wildman–Crippen LogP) is 3.50. The molecule has 18 heavy (non-hydrogen) atoms. The number of nitrogens with zero attached hydrogens (tertiary/aromatic N) is 2. The van der Waals surface area contributed by atoms with Crippen LogP contribution in [0.1, 0.15) is 11.1 Å². The molecule has 2 rings (SSSR count). The van der Waals surface area contributed by atoms with E-state index in [4.69, 9.17) is 11.6 Å². The summed E-state index contributed by atoms with van der Waals surface area (Å²) in [5.74, 6) is 1.51. The molecular formula is C15H17ClN2. The van der Waals surface area contributed by atoms with E-state index in [0.717, 1.165) is 24.3 Å². The molecule has 0 bridgehead atoms. The highest BCUT2D eigenvalue weighted by Crippen LogP contribution is 2.13. The van der Waals surface area contributed by atoms with E-state index in [1.54, 1.807) is 0 Å². The second-order valence-electron chi connectivity index (χ2n) is 4.31. The highest BCUT2D eigenvalue weighted by atomic mass is 35.5. The highest BCUT2D eigenvalue weighted by molar-refractivity contribution is 6.17. The number of pyridine rings is 1. The fourth-order valence-corrected chi connectivity index (χ4v) is 1.97. The van der Waals surface area contributed by atoms with Crippen LogP contribution < -0.4 is 4.90 Å². The van der Waals surface area contributed by atoms with Gasteiger partial charge >= 0.3 is 0 Å². The summed E-state index contributed by atoms with van der Waals surface area (Å²) in [6.45, 7) is 0.947. The lowest BCUT2D eigenvalue weighted by Gasteiger charge is -2.18. The van der Waals surface area contributed by atoms with Gasteiger partial charge in [0.2, 0.25) is 0 Å². The van der Waals surface area contributed by atoms with Gasteiger partial charge in [0.25, 0.3) is 0 Å². The molecule has 0 unspecified atom stereocenters. The van der Waals surface area contributed by atoms with E-state index in [0.29, 0.717) is 5.88 Å². The van der Waals surface area contributed by atoms with Crippen molar-refractivity contribution in [3.63, 3.8) is 0 Å². The first-order valence-corrected chi connectivity index (χ1v) is 6.59. The van der Waals surface area contributed by atoms with Crippen LogP contribution in [0.3, 0.4) is 0 Å². The minimum absolute atomic E-state index is 0.530. The fraction of sp³-hybridized carbons (Fsp3) is 0.267. The third-order valence-corrected chi connectivity index (χ3v) is 3.24. The van der Waals surface area contributed by atoms with Crippen LogP contribution in [0.2, 0.25) is 0 Å². The lowest BCUT2D eigenvalue weighted by molar-refractivity contribution is 0.858. The van der Waals surface area contributed by atoms with Crippen molar-refractivity contribution < 1.29 is 0 Å². The van der Waals surface area contributed by atoms with Crippen LogP contribution in [0.4, 0.5) is 5.82 Å². The van der Waals surface area contributed by atoms with Gasteiger partial charge in [0.1, 0.15) is 5.82 Å². The van der Waals surface area contributed by atoms with Gasteiger partial charge in [0.05, 0.1) is 0 Å². The molecule has 0 aliphatic rings. The zero-order valence-corrected chi connectivity index (χ0v) is 11.3. The minimum Gasteiger partial charge on any atom is -0.359 e. The maximum Gasteiger partial charge on any atom is 0.128 e. The molecule has 0 saturated carbocycles. The highest BCUT2D eigenvalue weighted by Gasteiger charge is 2.03. The first-order chi connectivity index (χ1) is 8.79. The van der Waals surface area contributed by atoms with Gasteiger partial charge < -0.3 is 4.90 Å². The van der Waals surface area contributed by atoms with Crippen molar-refractivity contribution in [2.75, 3.05) is 18.5 Å². The summed E-state index contributed by atoms with van der Waals surface area (Å²) in [6.07, 6.45) is 2.83. The molecule has 0 fully saturated rings. The van der Waals surface area contributed by atoms with E-state index in [-0.39, 0.29) is 0 Å². The lowest BCUT2D eigenvalue weighted by Crippen LogP contribution is -2.21. The van der Waals surface area contributed by atoms with Gasteiger partial charge in [-0.3, -0.25) is 0 Å². The Morgan fingerprint density at radius 3 is 2.61 bits per heavy atom. The SMILES string of the molecule is CN(CCc1ccccc1)c1cc(CCl)ccn1. The maximum absolute atomic E-state index is 5.83. The number of hydrogen-bond acceptors (Lipinski definition) is 2. The van der Waals surface area contributed by atoms with Crippen molar-refractivity contribution in [2.45, 2.75) is 12.3 Å². The number of alkyl halides is 1. The van der Waals surface area contributed by atoms with E-state index in [9.17, 15) is 0 Å². The Labute approximate surface area is 113 Å². The van der Waals surface area contributed by atoms with Crippen LogP contribution in [-0.2, 0) is 12.3 Å². The number of aromatic nitrogens is 1. The Morgan fingerprint density at radius 2 is 1.89 bits per heavy atom. The first-order valence-electron chi connectivity index (χ1n) is 6.05. The van der Waals surface area contributed by atoms with Crippen LogP contribution in [0.5, 0.6) is 0 Å². The normalized spacial score (nSPS) is 10.3. The maximum atomic E-state index is 5.83. The molecule has 0 radical (unpaired) electrons. The van der Waals surface area contributed by atoms with Crippen LogP contribution in [-0.4, -0.2) is 18.6 Å². The van der Waals surface area contributed by atoms with Crippen LogP contribution in [0.15, 0.2) is 48.7 Å². The molecule has 0 amide bonds. The third kappa shape index (κ3) is 3.47. The Bertz CT molecular complexity index is 485. The summed E-state index contributed by atoms with van der Waals surface area (Å²) < 4.78 is 0. The monoisotopic (exact) mass is 260 g/mol. The second kappa shape index (κ2) is 6.41. The molecule has 2 aromatic rings. The number of likely N-dealkylation sites (N-methyl/N-ethyl adjacent to an activating group) is 1. The summed E-state index contributed by atoms with van der Waals surface area (Å²) in [4.78, 5) is 6.52. The predicted molar refractivity (Wildman–Crippen MR) is 77.2 cm³/mol. The molecule has 0 saturated heterocycles. The molecule has 0 aliphatic heterocycles. The van der Waals surface area contributed by atoms with Crippen molar-refractivity contribution in [1.82, 2.24) is 4.98 Å². The molecular weight excluding hydrogens is 244 g/mol. The number of rotatable bonds is 5. The molecule has 1 aromatic carbocycles. The van der Waals surface area contributed by atoms with Gasteiger partial charge in [-0.2, -0.15) is 0 Å². The topological polar surface area (TPSA) is 16.1 Å². The van der Waals surface area contributed by atoms with Crippen LogP contribution >= 0.6 is 11.6 Å². The van der Waals surface area contributed by atoms with Gasteiger partial charge in [-0.25, -0.2) is 4.98 Å². The molecule has 2 nitrogen and oxygen atoms in total. The van der Waals surface area contributed by atoms with E-state index in [1.807, 2.05) is 24.4 Å². The zero-order valence-electron chi connectivity index (χ0n) is 10.5. The quantitative estimate of drug-likeness (QED) is 0.765. The molecule has 94 valence electrons. The smallest absolute Gasteiger partial charge is 0.128 e. The number of halogens is 1. The largest absolute Gasteiger partial charge is 0.359 e. The van der Waals surface area contributed by atoms with Gasteiger partial charge in [-0.05, 0) is 29.7 Å². The van der Waals surface area contributed by atoms with Crippen molar-refractivity contribution in [2.24, 2.45) is 0 Å².